The molecule has 1 aromatic carbocycles. The van der Waals surface area contributed by atoms with E-state index in [1.165, 1.54) is 25.3 Å². The van der Waals surface area contributed by atoms with E-state index in [0.717, 1.165) is 0 Å². The third kappa shape index (κ3) is 2.53. The summed E-state index contributed by atoms with van der Waals surface area (Å²) in [5.74, 6) is -1.62. The summed E-state index contributed by atoms with van der Waals surface area (Å²) in [7, 11) is 1.39. The molecular formula is C17H17BrFNO6. The van der Waals surface area contributed by atoms with E-state index in [1.807, 2.05) is 0 Å². The molecule has 3 heterocycles. The fraction of sp³-hybridized carbons (Fsp3) is 0.412. The monoisotopic (exact) mass is 429 g/mol. The number of ether oxygens (including phenoxy) is 2. The minimum absolute atomic E-state index is 0. The molecule has 4 rings (SSSR count). The van der Waals surface area contributed by atoms with Gasteiger partial charge in [-0.15, -0.1) is 17.0 Å². The topological polar surface area (TPSA) is 74.3 Å². The maximum Gasteiger partial charge on any atom is 0.359 e. The van der Waals surface area contributed by atoms with Crippen molar-refractivity contribution in [1.29, 1.82) is 0 Å². The van der Waals surface area contributed by atoms with Gasteiger partial charge in [0, 0.05) is 12.1 Å². The van der Waals surface area contributed by atoms with E-state index in [4.69, 9.17) is 19.2 Å². The van der Waals surface area contributed by atoms with Crippen molar-refractivity contribution in [3.63, 3.8) is 0 Å². The van der Waals surface area contributed by atoms with Crippen molar-refractivity contribution >= 4 is 28.9 Å². The summed E-state index contributed by atoms with van der Waals surface area (Å²) in [6.45, 7) is 0.346. The minimum Gasteiger partial charge on any atom is -0.497 e. The van der Waals surface area contributed by atoms with E-state index in [9.17, 15) is 14.0 Å². The maximum atomic E-state index is 14.7. The van der Waals surface area contributed by atoms with Crippen LogP contribution in [0.2, 0.25) is 0 Å². The lowest BCUT2D eigenvalue weighted by Crippen LogP contribution is -2.60. The van der Waals surface area contributed by atoms with Gasteiger partial charge in [-0.1, -0.05) is 18.2 Å². The Bertz CT molecular complexity index is 784. The first-order valence-electron chi connectivity index (χ1n) is 7.95. The number of esters is 1. The first-order valence-corrected chi connectivity index (χ1v) is 7.95. The van der Waals surface area contributed by atoms with Crippen LogP contribution in [0.1, 0.15) is 18.4 Å². The van der Waals surface area contributed by atoms with Gasteiger partial charge in [-0.2, -0.15) is 4.89 Å². The molecule has 1 aromatic rings. The lowest BCUT2D eigenvalue weighted by atomic mass is 9.90. The SMILES string of the molecule is Br.COC1=C(C2(c3ccccc3F)OOC(=O)[C@@H]3CCCN32)C(=O)OC1. The van der Waals surface area contributed by atoms with Crippen LogP contribution in [0.3, 0.4) is 0 Å². The highest BCUT2D eigenvalue weighted by Crippen LogP contribution is 2.48. The van der Waals surface area contributed by atoms with Crippen LogP contribution in [0.15, 0.2) is 35.6 Å². The van der Waals surface area contributed by atoms with Crippen LogP contribution in [0.5, 0.6) is 0 Å². The van der Waals surface area contributed by atoms with Gasteiger partial charge in [0.05, 0.1) is 7.11 Å². The number of cyclic esters (lactones) is 1. The molecule has 26 heavy (non-hydrogen) atoms. The van der Waals surface area contributed by atoms with Gasteiger partial charge >= 0.3 is 11.9 Å². The number of carbonyl (C=O) groups is 2. The lowest BCUT2D eigenvalue weighted by molar-refractivity contribution is -0.389. The third-order valence-corrected chi connectivity index (χ3v) is 4.82. The van der Waals surface area contributed by atoms with Crippen molar-refractivity contribution in [2.24, 2.45) is 0 Å². The smallest absolute Gasteiger partial charge is 0.359 e. The second kappa shape index (κ2) is 6.98. The molecule has 2 atom stereocenters. The van der Waals surface area contributed by atoms with Gasteiger partial charge in [0.1, 0.15) is 29.8 Å². The van der Waals surface area contributed by atoms with E-state index in [-0.39, 0.29) is 40.5 Å². The number of nitrogens with zero attached hydrogens (tertiary/aromatic N) is 1. The zero-order valence-corrected chi connectivity index (χ0v) is 15.6. The molecule has 0 N–H and O–H groups in total. The second-order valence-electron chi connectivity index (χ2n) is 6.04. The average molecular weight is 430 g/mol. The largest absolute Gasteiger partial charge is 0.497 e. The first kappa shape index (κ1) is 18.8. The number of fused-ring (bicyclic) bond motifs is 1. The summed E-state index contributed by atoms with van der Waals surface area (Å²) < 4.78 is 25.1. The molecule has 0 aromatic heterocycles. The van der Waals surface area contributed by atoms with Crippen LogP contribution >= 0.6 is 17.0 Å². The van der Waals surface area contributed by atoms with Crippen molar-refractivity contribution < 1.29 is 33.2 Å². The molecule has 2 saturated heterocycles. The predicted molar refractivity (Wildman–Crippen MR) is 90.3 cm³/mol. The maximum absolute atomic E-state index is 14.7. The molecule has 0 bridgehead atoms. The van der Waals surface area contributed by atoms with Gasteiger partial charge < -0.3 is 9.47 Å². The zero-order chi connectivity index (χ0) is 17.6. The highest BCUT2D eigenvalue weighted by molar-refractivity contribution is 8.93. The molecule has 3 aliphatic rings. The van der Waals surface area contributed by atoms with Gasteiger partial charge in [0.25, 0.3) is 0 Å². The normalized spacial score (nSPS) is 28.3. The number of carbonyl (C=O) groups excluding carboxylic acids is 2. The average Bonchev–Trinajstić information content (AvgIpc) is 3.25. The highest BCUT2D eigenvalue weighted by Gasteiger charge is 2.61. The van der Waals surface area contributed by atoms with E-state index in [0.29, 0.717) is 19.4 Å². The number of halogens is 2. The van der Waals surface area contributed by atoms with Gasteiger partial charge in [-0.3, -0.25) is 9.79 Å². The van der Waals surface area contributed by atoms with Crippen LogP contribution in [0, 0.1) is 5.82 Å². The summed E-state index contributed by atoms with van der Waals surface area (Å²) >= 11 is 0. The van der Waals surface area contributed by atoms with Crippen LogP contribution in [0.4, 0.5) is 4.39 Å². The fourth-order valence-corrected chi connectivity index (χ4v) is 3.73. The molecule has 7 nitrogen and oxygen atoms in total. The molecule has 1 unspecified atom stereocenters. The molecule has 0 radical (unpaired) electrons. The third-order valence-electron chi connectivity index (χ3n) is 4.82. The molecule has 0 spiro atoms. The Morgan fingerprint density at radius 2 is 2.08 bits per heavy atom. The number of methoxy groups -OCH3 is 1. The van der Waals surface area contributed by atoms with Crippen molar-refractivity contribution in [1.82, 2.24) is 4.90 Å². The van der Waals surface area contributed by atoms with Crippen LogP contribution in [-0.4, -0.2) is 43.1 Å². The Balaban J connectivity index is 0.00000196. The first-order chi connectivity index (χ1) is 12.1. The fourth-order valence-electron chi connectivity index (χ4n) is 3.73. The Hall–Kier alpha value is -1.97. The Labute approximate surface area is 159 Å². The van der Waals surface area contributed by atoms with Gasteiger partial charge in [-0.05, 0) is 18.9 Å². The minimum atomic E-state index is -1.74. The van der Waals surface area contributed by atoms with Gasteiger partial charge in [-0.25, -0.2) is 14.0 Å². The predicted octanol–water partition coefficient (Wildman–Crippen LogP) is 1.97. The van der Waals surface area contributed by atoms with Crippen LogP contribution in [-0.2, 0) is 34.6 Å². The second-order valence-corrected chi connectivity index (χ2v) is 6.04. The van der Waals surface area contributed by atoms with Crippen molar-refractivity contribution in [2.75, 3.05) is 20.3 Å². The molecule has 2 fully saturated rings. The number of hydrogen-bond donors (Lipinski definition) is 0. The van der Waals surface area contributed by atoms with Gasteiger partial charge in [0.2, 0.25) is 5.72 Å². The van der Waals surface area contributed by atoms with Crippen molar-refractivity contribution in [3.05, 3.63) is 47.0 Å². The molecule has 0 amide bonds. The van der Waals surface area contributed by atoms with E-state index < -0.39 is 29.5 Å². The molecule has 0 saturated carbocycles. The summed E-state index contributed by atoms with van der Waals surface area (Å²) in [4.78, 5) is 36.6. The lowest BCUT2D eigenvalue weighted by Gasteiger charge is -2.45. The Morgan fingerprint density at radius 3 is 2.81 bits per heavy atom. The molecule has 0 aliphatic carbocycles. The Kier molecular flexibility index (Phi) is 5.05. The van der Waals surface area contributed by atoms with Crippen molar-refractivity contribution in [3.8, 4) is 0 Å². The highest BCUT2D eigenvalue weighted by atomic mass is 79.9. The summed E-state index contributed by atoms with van der Waals surface area (Å²) in [5.41, 5.74) is -1.67. The number of hydrogen-bond acceptors (Lipinski definition) is 7. The Morgan fingerprint density at radius 1 is 1.31 bits per heavy atom. The molecule has 140 valence electrons. The summed E-state index contributed by atoms with van der Waals surface area (Å²) in [5, 5.41) is 0. The summed E-state index contributed by atoms with van der Waals surface area (Å²) in [6, 6.07) is 5.28. The number of rotatable bonds is 3. The quantitative estimate of drug-likeness (QED) is 0.536. The van der Waals surface area contributed by atoms with Crippen LogP contribution in [0.25, 0.3) is 0 Å². The zero-order valence-electron chi connectivity index (χ0n) is 13.9. The molecule has 3 aliphatic heterocycles. The van der Waals surface area contributed by atoms with Crippen LogP contribution < -0.4 is 0 Å². The van der Waals surface area contributed by atoms with E-state index in [1.54, 1.807) is 11.0 Å². The van der Waals surface area contributed by atoms with Gasteiger partial charge in [0.15, 0.2) is 0 Å². The molecular weight excluding hydrogens is 413 g/mol. The molecule has 9 heteroatoms. The van der Waals surface area contributed by atoms with E-state index in [2.05, 4.69) is 0 Å². The van der Waals surface area contributed by atoms with E-state index >= 15 is 0 Å². The van der Waals surface area contributed by atoms with Crippen molar-refractivity contribution in [2.45, 2.75) is 24.6 Å². The summed E-state index contributed by atoms with van der Waals surface area (Å²) in [6.07, 6.45) is 1.22. The standard InChI is InChI=1S/C17H16FNO6.BrH/c1-22-13-9-23-16(21)14(13)17(10-5-2-3-6-11(10)18)19-8-4-7-12(19)15(20)24-25-17;/h2-3,5-6,12H,4,7-9H2,1H3;1H/t12-,17?;/m0./s1. The number of benzene rings is 1.